The Balaban J connectivity index is 1.99. The Morgan fingerprint density at radius 2 is 1.35 bits per heavy atom. The number of ether oxygens (including phenoxy) is 9. The molecule has 19 heteroatoms. The number of nitrogens with zero attached hydrogens (tertiary/aromatic N) is 1. The van der Waals surface area contributed by atoms with Gasteiger partial charge < -0.3 is 47.7 Å². The van der Waals surface area contributed by atoms with Crippen molar-refractivity contribution in [3.63, 3.8) is 0 Å². The van der Waals surface area contributed by atoms with Crippen molar-refractivity contribution in [2.75, 3.05) is 13.2 Å². The first-order chi connectivity index (χ1) is 26.5. The van der Waals surface area contributed by atoms with Gasteiger partial charge in [0, 0.05) is 47.7 Å². The molecule has 0 unspecified atom stereocenters. The van der Waals surface area contributed by atoms with Crippen molar-refractivity contribution >= 4 is 47.8 Å². The molecule has 5 rings (SSSR count). The Labute approximate surface area is 327 Å². The number of aromatic nitrogens is 1. The van der Waals surface area contributed by atoms with Crippen LogP contribution in [0.15, 0.2) is 18.3 Å². The lowest BCUT2D eigenvalue weighted by Gasteiger charge is -2.67. The van der Waals surface area contributed by atoms with Gasteiger partial charge in [-0.25, -0.2) is 4.79 Å². The fraction of sp³-hybridized carbons (Fsp3) is 0.658. The van der Waals surface area contributed by atoms with Gasteiger partial charge in [-0.05, 0) is 38.8 Å². The summed E-state index contributed by atoms with van der Waals surface area (Å²) in [5.41, 5.74) is -9.87. The summed E-state index contributed by atoms with van der Waals surface area (Å²) in [7, 11) is 0. The number of rotatable bonds is 7. The normalized spacial score (nSPS) is 37.1. The summed E-state index contributed by atoms with van der Waals surface area (Å²) in [6.45, 7) is 8.15. The van der Waals surface area contributed by atoms with E-state index in [1.54, 1.807) is 0 Å². The molecule has 4 bridgehead atoms. The summed E-state index contributed by atoms with van der Waals surface area (Å²) < 4.78 is 54.2. The molecule has 19 nitrogen and oxygen atoms in total. The van der Waals surface area contributed by atoms with Gasteiger partial charge in [0.05, 0.1) is 23.1 Å². The van der Waals surface area contributed by atoms with Crippen LogP contribution in [0.4, 0.5) is 0 Å². The standard InChI is InChI=1S/C38H47NO18/c1-17-12-13-25-24(11-10-14-39-25)34(47)50-15-35(8)26-27(51-19(3)41)31(54-22(6)44)37(16-49-18(2)40)32(55-23(7)45)28(52-20(4)42)30(56-33(17)46)36(9,48)38(37,57-35)29(26)53-21(5)43/h10-11,14,17,26-32,48H,12-13,15-16H2,1-9H3/t17-,26-,27-,28+,29-,30-,31+,32-,35+,36+,37+,38-/m1/s1. The summed E-state index contributed by atoms with van der Waals surface area (Å²) >= 11 is 0. The minimum absolute atomic E-state index is 0.0290. The number of aliphatic hydroxyl groups is 1. The molecule has 1 spiro atoms. The maximum atomic E-state index is 14.1. The van der Waals surface area contributed by atoms with E-state index in [0.29, 0.717) is 0 Å². The average molecular weight is 806 g/mol. The third kappa shape index (κ3) is 7.30. The summed E-state index contributed by atoms with van der Waals surface area (Å²) in [6, 6.07) is 2.95. The van der Waals surface area contributed by atoms with Crippen LogP contribution in [0, 0.1) is 17.3 Å². The SMILES string of the molecule is CC(=O)OC[C@]12[C@H](OC(C)=O)[C@@H](OC(C)=O)[C@H]3OC(=O)[C@H](C)CCc4ncccc4C(=O)OC[C@]4(C)O[C@]1([C@H](OC(C)=O)[C@H]4[C@@H](OC(C)=O)[C@@H]2OC(C)=O)[C@@]3(C)O. The highest BCUT2D eigenvalue weighted by atomic mass is 16.7. The van der Waals surface area contributed by atoms with Gasteiger partial charge in [0.2, 0.25) is 0 Å². The lowest BCUT2D eigenvalue weighted by Crippen LogP contribution is -2.89. The first-order valence-corrected chi connectivity index (χ1v) is 18.3. The molecule has 1 saturated heterocycles. The number of cyclic esters (lactones) is 1. The number of fused-ring (bicyclic) bond motifs is 5. The van der Waals surface area contributed by atoms with Crippen LogP contribution in [0.1, 0.15) is 84.8 Å². The van der Waals surface area contributed by atoms with Crippen molar-refractivity contribution in [3.05, 3.63) is 29.6 Å². The molecule has 1 N–H and O–H groups in total. The number of carbonyl (C=O) groups excluding carboxylic acids is 8. The molecule has 312 valence electrons. The van der Waals surface area contributed by atoms with Gasteiger partial charge in [-0.1, -0.05) is 6.92 Å². The van der Waals surface area contributed by atoms with Gasteiger partial charge in [0.15, 0.2) is 30.0 Å². The zero-order valence-corrected chi connectivity index (χ0v) is 33.0. The van der Waals surface area contributed by atoms with E-state index in [0.717, 1.165) is 48.5 Å². The van der Waals surface area contributed by atoms with Crippen LogP contribution in [0.3, 0.4) is 0 Å². The highest BCUT2D eigenvalue weighted by molar-refractivity contribution is 5.90. The maximum Gasteiger partial charge on any atom is 0.340 e. The molecule has 2 aliphatic carbocycles. The van der Waals surface area contributed by atoms with Gasteiger partial charge in [-0.2, -0.15) is 0 Å². The summed E-state index contributed by atoms with van der Waals surface area (Å²) in [5, 5.41) is 13.4. The minimum Gasteiger partial charge on any atom is -0.465 e. The molecule has 1 aromatic heterocycles. The molecule has 3 fully saturated rings. The van der Waals surface area contributed by atoms with E-state index in [1.165, 1.54) is 32.2 Å². The Morgan fingerprint density at radius 1 is 0.807 bits per heavy atom. The van der Waals surface area contributed by atoms with E-state index in [9.17, 15) is 43.5 Å². The second-order valence-corrected chi connectivity index (χ2v) is 15.3. The van der Waals surface area contributed by atoms with Crippen LogP contribution in [0.2, 0.25) is 0 Å². The number of esters is 8. The smallest absolute Gasteiger partial charge is 0.340 e. The maximum absolute atomic E-state index is 14.1. The topological polar surface area (TPSA) is 253 Å². The summed E-state index contributed by atoms with van der Waals surface area (Å²) in [4.78, 5) is 111. The first kappa shape index (κ1) is 43.0. The molecule has 2 aliphatic heterocycles. The minimum atomic E-state index is -2.80. The predicted octanol–water partition coefficient (Wildman–Crippen LogP) is 0.863. The van der Waals surface area contributed by atoms with Crippen molar-refractivity contribution in [2.45, 2.75) is 129 Å². The second kappa shape index (κ2) is 15.6. The van der Waals surface area contributed by atoms with Crippen molar-refractivity contribution < 1.29 is 86.1 Å². The second-order valence-electron chi connectivity index (χ2n) is 15.3. The van der Waals surface area contributed by atoms with Crippen LogP contribution < -0.4 is 0 Å². The molecule has 57 heavy (non-hydrogen) atoms. The van der Waals surface area contributed by atoms with Gasteiger partial charge >= 0.3 is 47.8 Å². The van der Waals surface area contributed by atoms with Gasteiger partial charge in [0.1, 0.15) is 42.0 Å². The Kier molecular flexibility index (Phi) is 11.8. The Bertz CT molecular complexity index is 1840. The monoisotopic (exact) mass is 805 g/mol. The van der Waals surface area contributed by atoms with Crippen molar-refractivity contribution in [2.24, 2.45) is 17.3 Å². The molecule has 0 aromatic carbocycles. The van der Waals surface area contributed by atoms with E-state index >= 15 is 0 Å². The number of aryl methyl sites for hydroxylation is 1. The van der Waals surface area contributed by atoms with Gasteiger partial charge in [-0.15, -0.1) is 0 Å². The summed E-state index contributed by atoms with van der Waals surface area (Å²) in [6.07, 6.45) is -10.3. The lowest BCUT2D eigenvalue weighted by atomic mass is 9.45. The number of hydrogen-bond donors (Lipinski definition) is 1. The van der Waals surface area contributed by atoms with E-state index in [-0.39, 0.29) is 24.1 Å². The molecule has 0 amide bonds. The highest BCUT2D eigenvalue weighted by Gasteiger charge is 2.92. The molecular formula is C38H47NO18. The van der Waals surface area contributed by atoms with E-state index in [4.69, 9.17) is 42.6 Å². The van der Waals surface area contributed by atoms with Crippen molar-refractivity contribution in [1.82, 2.24) is 4.98 Å². The average Bonchev–Trinajstić information content (AvgIpc) is 3.32. The molecule has 2 saturated carbocycles. The van der Waals surface area contributed by atoms with Crippen LogP contribution in [-0.4, -0.2) is 124 Å². The fourth-order valence-electron chi connectivity index (χ4n) is 9.16. The zero-order chi connectivity index (χ0) is 42.4. The molecular weight excluding hydrogens is 758 g/mol. The first-order valence-electron chi connectivity index (χ1n) is 18.3. The number of pyridine rings is 1. The molecule has 0 radical (unpaired) electrons. The van der Waals surface area contributed by atoms with Crippen LogP contribution >= 0.6 is 0 Å². The van der Waals surface area contributed by atoms with E-state index in [2.05, 4.69) is 4.98 Å². The largest absolute Gasteiger partial charge is 0.465 e. The van der Waals surface area contributed by atoms with Gasteiger partial charge in [-0.3, -0.25) is 38.5 Å². The third-order valence-corrected chi connectivity index (χ3v) is 11.1. The number of hydrogen-bond acceptors (Lipinski definition) is 19. The van der Waals surface area contributed by atoms with E-state index in [1.807, 2.05) is 0 Å². The van der Waals surface area contributed by atoms with Crippen LogP contribution in [-0.2, 0) is 82.6 Å². The summed E-state index contributed by atoms with van der Waals surface area (Å²) in [5.74, 6) is -10.5. The third-order valence-electron chi connectivity index (χ3n) is 11.1. The van der Waals surface area contributed by atoms with Gasteiger partial charge in [0.25, 0.3) is 0 Å². The Hall–Kier alpha value is -5.17. The molecule has 4 aliphatic rings. The van der Waals surface area contributed by atoms with Crippen molar-refractivity contribution in [3.8, 4) is 0 Å². The number of carbonyl (C=O) groups is 8. The lowest BCUT2D eigenvalue weighted by molar-refractivity contribution is -0.386. The van der Waals surface area contributed by atoms with Crippen molar-refractivity contribution in [1.29, 1.82) is 0 Å². The molecule has 1 aromatic rings. The fourth-order valence-corrected chi connectivity index (χ4v) is 9.16. The van der Waals surface area contributed by atoms with Crippen LogP contribution in [0.25, 0.3) is 0 Å². The zero-order valence-electron chi connectivity index (χ0n) is 33.0. The predicted molar refractivity (Wildman–Crippen MR) is 185 cm³/mol. The molecule has 12 atom stereocenters. The van der Waals surface area contributed by atoms with E-state index < -0.39 is 132 Å². The van der Waals surface area contributed by atoms with Crippen LogP contribution in [0.5, 0.6) is 0 Å². The highest BCUT2D eigenvalue weighted by Crippen LogP contribution is 2.70. The quantitative estimate of drug-likeness (QED) is 0.296. The Morgan fingerprint density at radius 3 is 1.91 bits per heavy atom. The molecule has 3 heterocycles.